The summed E-state index contributed by atoms with van der Waals surface area (Å²) in [6, 6.07) is 14.1. The second-order valence-electron chi connectivity index (χ2n) is 6.38. The molecule has 2 N–H and O–H groups in total. The summed E-state index contributed by atoms with van der Waals surface area (Å²) in [4.78, 5) is 4.50. The Labute approximate surface area is 152 Å². The molecule has 1 unspecified atom stereocenters. The van der Waals surface area contributed by atoms with Gasteiger partial charge in [-0.25, -0.2) is 4.98 Å². The van der Waals surface area contributed by atoms with Crippen LogP contribution in [-0.4, -0.2) is 28.9 Å². The number of nitrogens with one attached hydrogen (secondary N) is 2. The second-order valence-corrected chi connectivity index (χ2v) is 6.38. The molecule has 0 bridgehead atoms. The third-order valence-electron chi connectivity index (χ3n) is 4.61. The first kappa shape index (κ1) is 16.6. The van der Waals surface area contributed by atoms with Crippen LogP contribution < -0.4 is 10.1 Å². The molecule has 6 nitrogen and oxygen atoms in total. The monoisotopic (exact) mass is 350 g/mol. The summed E-state index contributed by atoms with van der Waals surface area (Å²) >= 11 is 0. The Morgan fingerprint density at radius 2 is 2.12 bits per heavy atom. The zero-order valence-corrected chi connectivity index (χ0v) is 15.0. The minimum Gasteiger partial charge on any atom is -0.481 e. The Balaban J connectivity index is 1.57. The van der Waals surface area contributed by atoms with Gasteiger partial charge in [0.05, 0.1) is 37.8 Å². The lowest BCUT2D eigenvalue weighted by molar-refractivity contribution is 0.110. The number of fused-ring (bicyclic) bond motifs is 1. The van der Waals surface area contributed by atoms with Gasteiger partial charge < -0.3 is 14.8 Å². The average molecular weight is 350 g/mol. The molecule has 134 valence electrons. The van der Waals surface area contributed by atoms with Gasteiger partial charge in [0.15, 0.2) is 0 Å². The lowest BCUT2D eigenvalue weighted by Gasteiger charge is -2.16. The van der Waals surface area contributed by atoms with E-state index in [1.165, 1.54) is 5.69 Å². The van der Waals surface area contributed by atoms with Gasteiger partial charge in [-0.15, -0.1) is 0 Å². The number of methoxy groups -OCH3 is 1. The second kappa shape index (κ2) is 7.17. The molecule has 0 amide bonds. The Hall–Kier alpha value is -2.86. The van der Waals surface area contributed by atoms with Crippen LogP contribution in [-0.2, 0) is 17.8 Å². The van der Waals surface area contributed by atoms with Crippen LogP contribution in [0.1, 0.15) is 29.9 Å². The van der Waals surface area contributed by atoms with Gasteiger partial charge in [-0.1, -0.05) is 18.2 Å². The first-order valence-corrected chi connectivity index (χ1v) is 8.76. The lowest BCUT2D eigenvalue weighted by Crippen LogP contribution is -2.09. The summed E-state index contributed by atoms with van der Waals surface area (Å²) in [5, 5.41) is 11.2. The van der Waals surface area contributed by atoms with E-state index in [2.05, 4.69) is 45.6 Å². The third-order valence-corrected chi connectivity index (χ3v) is 4.61. The van der Waals surface area contributed by atoms with Gasteiger partial charge in [0, 0.05) is 35.0 Å². The largest absolute Gasteiger partial charge is 0.481 e. The maximum Gasteiger partial charge on any atom is 0.213 e. The average Bonchev–Trinajstić information content (AvgIpc) is 3.12. The molecule has 0 saturated heterocycles. The van der Waals surface area contributed by atoms with Crippen molar-refractivity contribution in [3.05, 3.63) is 59.4 Å². The summed E-state index contributed by atoms with van der Waals surface area (Å²) in [6.45, 7) is 3.45. The fourth-order valence-electron chi connectivity index (χ4n) is 3.22. The van der Waals surface area contributed by atoms with E-state index in [4.69, 9.17) is 9.47 Å². The molecule has 1 atom stereocenters. The summed E-state index contributed by atoms with van der Waals surface area (Å²) < 4.78 is 10.8. The summed E-state index contributed by atoms with van der Waals surface area (Å²) in [5.41, 5.74) is 6.34. The van der Waals surface area contributed by atoms with E-state index in [9.17, 15) is 0 Å². The molecule has 0 aliphatic carbocycles. The maximum atomic E-state index is 5.60. The highest BCUT2D eigenvalue weighted by Crippen LogP contribution is 2.30. The SMILES string of the molecule is COc1cccc(C(C)Nc2cccc(-c3n[nH]c4c3COCC4)c2)n1. The van der Waals surface area contributed by atoms with Crippen LogP contribution in [0.2, 0.25) is 0 Å². The summed E-state index contributed by atoms with van der Waals surface area (Å²) in [6.07, 6.45) is 0.888. The van der Waals surface area contributed by atoms with Gasteiger partial charge in [0.2, 0.25) is 5.88 Å². The highest BCUT2D eigenvalue weighted by molar-refractivity contribution is 5.68. The molecule has 1 aliphatic heterocycles. The number of ether oxygens (including phenoxy) is 2. The van der Waals surface area contributed by atoms with E-state index in [1.807, 2.05) is 24.3 Å². The Morgan fingerprint density at radius 1 is 1.23 bits per heavy atom. The minimum absolute atomic E-state index is 0.0526. The van der Waals surface area contributed by atoms with Gasteiger partial charge in [-0.2, -0.15) is 5.10 Å². The predicted octanol–water partition coefficient (Wildman–Crippen LogP) is 3.73. The quantitative estimate of drug-likeness (QED) is 0.734. The van der Waals surface area contributed by atoms with E-state index in [0.29, 0.717) is 12.5 Å². The molecule has 0 fully saturated rings. The molecule has 3 heterocycles. The number of benzene rings is 1. The smallest absolute Gasteiger partial charge is 0.213 e. The molecule has 1 aromatic carbocycles. The topological polar surface area (TPSA) is 72.1 Å². The molecular weight excluding hydrogens is 328 g/mol. The molecule has 4 rings (SSSR count). The minimum atomic E-state index is 0.0526. The van der Waals surface area contributed by atoms with Crippen molar-refractivity contribution in [2.24, 2.45) is 0 Å². The maximum absolute atomic E-state index is 5.60. The van der Waals surface area contributed by atoms with Crippen molar-refractivity contribution in [2.75, 3.05) is 19.0 Å². The number of hydrogen-bond acceptors (Lipinski definition) is 5. The van der Waals surface area contributed by atoms with Gasteiger partial charge in [-0.3, -0.25) is 5.10 Å². The van der Waals surface area contributed by atoms with Crippen molar-refractivity contribution in [1.82, 2.24) is 15.2 Å². The van der Waals surface area contributed by atoms with Crippen LogP contribution in [0.5, 0.6) is 5.88 Å². The molecule has 0 radical (unpaired) electrons. The van der Waals surface area contributed by atoms with Crippen LogP contribution in [0.15, 0.2) is 42.5 Å². The molecule has 0 saturated carbocycles. The van der Waals surface area contributed by atoms with E-state index >= 15 is 0 Å². The number of aromatic nitrogens is 3. The van der Waals surface area contributed by atoms with Crippen molar-refractivity contribution in [3.8, 4) is 17.1 Å². The van der Waals surface area contributed by atoms with Crippen LogP contribution >= 0.6 is 0 Å². The van der Waals surface area contributed by atoms with Crippen molar-refractivity contribution in [2.45, 2.75) is 26.0 Å². The Kier molecular flexibility index (Phi) is 4.58. The summed E-state index contributed by atoms with van der Waals surface area (Å²) in [7, 11) is 1.63. The van der Waals surface area contributed by atoms with E-state index < -0.39 is 0 Å². The fourth-order valence-corrected chi connectivity index (χ4v) is 3.22. The zero-order valence-electron chi connectivity index (χ0n) is 15.0. The molecule has 6 heteroatoms. The van der Waals surface area contributed by atoms with E-state index in [1.54, 1.807) is 7.11 Å². The van der Waals surface area contributed by atoms with Gasteiger partial charge in [0.25, 0.3) is 0 Å². The van der Waals surface area contributed by atoms with Crippen LogP contribution in [0.3, 0.4) is 0 Å². The number of aromatic amines is 1. The zero-order chi connectivity index (χ0) is 17.9. The number of anilines is 1. The first-order valence-electron chi connectivity index (χ1n) is 8.76. The van der Waals surface area contributed by atoms with Crippen molar-refractivity contribution in [1.29, 1.82) is 0 Å². The standard InChI is InChI=1S/C20H22N4O2/c1-13(17-7-4-8-19(22-17)25-2)21-15-6-3-5-14(11-15)20-16-12-26-10-9-18(16)23-24-20/h3-8,11,13,21H,9-10,12H2,1-2H3,(H,23,24). The molecular formula is C20H22N4O2. The highest BCUT2D eigenvalue weighted by Gasteiger charge is 2.18. The van der Waals surface area contributed by atoms with Crippen LogP contribution in [0, 0.1) is 0 Å². The van der Waals surface area contributed by atoms with Gasteiger partial charge in [0.1, 0.15) is 0 Å². The Bertz CT molecular complexity index is 906. The predicted molar refractivity (Wildman–Crippen MR) is 100 cm³/mol. The number of pyridine rings is 1. The highest BCUT2D eigenvalue weighted by atomic mass is 16.5. The number of hydrogen-bond donors (Lipinski definition) is 2. The molecule has 1 aliphatic rings. The van der Waals surface area contributed by atoms with Crippen LogP contribution in [0.4, 0.5) is 5.69 Å². The molecule has 2 aromatic heterocycles. The number of H-pyrrole nitrogens is 1. The van der Waals surface area contributed by atoms with E-state index in [0.717, 1.165) is 41.2 Å². The van der Waals surface area contributed by atoms with Gasteiger partial charge >= 0.3 is 0 Å². The first-order chi connectivity index (χ1) is 12.7. The van der Waals surface area contributed by atoms with Gasteiger partial charge in [-0.05, 0) is 25.1 Å². The van der Waals surface area contributed by atoms with Crippen molar-refractivity contribution < 1.29 is 9.47 Å². The van der Waals surface area contributed by atoms with Crippen molar-refractivity contribution in [3.63, 3.8) is 0 Å². The normalized spacial score (nSPS) is 14.5. The van der Waals surface area contributed by atoms with E-state index in [-0.39, 0.29) is 6.04 Å². The summed E-state index contributed by atoms with van der Waals surface area (Å²) in [5.74, 6) is 0.619. The van der Waals surface area contributed by atoms with Crippen molar-refractivity contribution >= 4 is 5.69 Å². The number of nitrogens with zero attached hydrogens (tertiary/aromatic N) is 2. The molecule has 26 heavy (non-hydrogen) atoms. The lowest BCUT2D eigenvalue weighted by atomic mass is 10.0. The van der Waals surface area contributed by atoms with Crippen LogP contribution in [0.25, 0.3) is 11.3 Å². The molecule has 0 spiro atoms. The number of rotatable bonds is 5. The third kappa shape index (κ3) is 3.28. The Morgan fingerprint density at radius 3 is 3.00 bits per heavy atom. The molecule has 3 aromatic rings. The fraction of sp³-hybridized carbons (Fsp3) is 0.300.